The highest BCUT2D eigenvalue weighted by molar-refractivity contribution is 5.71. The van der Waals surface area contributed by atoms with Crippen molar-refractivity contribution in [1.82, 2.24) is 0 Å². The molecule has 466 valence electrons. The number of hydrogen-bond donors (Lipinski definition) is 0. The Bertz CT molecular complexity index is 1580. The molecule has 6 nitrogen and oxygen atoms in total. The fraction of sp³-hybridized carbons (Fsp3) is 0.747. The number of ether oxygens (including phenoxy) is 3. The molecule has 0 aromatic rings. The number of rotatable bonds is 63. The molecule has 6 heteroatoms. The van der Waals surface area contributed by atoms with Crippen LogP contribution in [0.15, 0.2) is 97.2 Å². The Balaban J connectivity index is 4.15. The zero-order valence-corrected chi connectivity index (χ0v) is 53.5. The molecule has 0 bridgehead atoms. The van der Waals surface area contributed by atoms with Crippen molar-refractivity contribution in [3.63, 3.8) is 0 Å². The van der Waals surface area contributed by atoms with Crippen LogP contribution in [0.1, 0.15) is 342 Å². The van der Waals surface area contributed by atoms with E-state index in [1.807, 2.05) is 0 Å². The SMILES string of the molecule is CC/C=C\C/C=C\C/C=C\C/C=C\CCCCCCCCC(=O)OC(COC(=O)CCCCCCC/C=C\CCCC)COC(=O)CCCCCCCCCCCCCCCCCCCC/C=C\C/C=C\C/C=C\CCCCCCC. The van der Waals surface area contributed by atoms with Crippen LogP contribution in [0.25, 0.3) is 0 Å². The van der Waals surface area contributed by atoms with E-state index in [0.29, 0.717) is 19.3 Å². The van der Waals surface area contributed by atoms with E-state index in [1.165, 1.54) is 186 Å². The molecule has 1 unspecified atom stereocenters. The van der Waals surface area contributed by atoms with Gasteiger partial charge in [0, 0.05) is 19.3 Å². The number of unbranched alkanes of at least 4 members (excludes halogenated alkanes) is 36. The molecule has 0 aromatic carbocycles. The summed E-state index contributed by atoms with van der Waals surface area (Å²) in [6.45, 7) is 6.49. The predicted octanol–water partition coefficient (Wildman–Crippen LogP) is 24.0. The molecule has 0 amide bonds. The normalized spacial score (nSPS) is 12.7. The molecule has 0 aromatic heterocycles. The third-order valence-electron chi connectivity index (χ3n) is 15.0. The van der Waals surface area contributed by atoms with Crippen molar-refractivity contribution in [2.24, 2.45) is 0 Å². The third-order valence-corrected chi connectivity index (χ3v) is 15.0. The topological polar surface area (TPSA) is 78.9 Å². The lowest BCUT2D eigenvalue weighted by molar-refractivity contribution is -0.167. The second-order valence-corrected chi connectivity index (χ2v) is 23.1. The summed E-state index contributed by atoms with van der Waals surface area (Å²) < 4.78 is 16.9. The lowest BCUT2D eigenvalue weighted by Gasteiger charge is -2.18. The van der Waals surface area contributed by atoms with Gasteiger partial charge in [0.05, 0.1) is 0 Å². The molecular weight excluding hydrogens is 997 g/mol. The molecule has 0 aliphatic carbocycles. The average Bonchev–Trinajstić information content (AvgIpc) is 3.47. The van der Waals surface area contributed by atoms with Crippen molar-refractivity contribution in [3.05, 3.63) is 97.2 Å². The van der Waals surface area contributed by atoms with Crippen molar-refractivity contribution in [2.45, 2.75) is 348 Å². The molecule has 0 saturated carbocycles. The Morgan fingerprint density at radius 2 is 0.494 bits per heavy atom. The summed E-state index contributed by atoms with van der Waals surface area (Å²) in [6.07, 6.45) is 93.0. The van der Waals surface area contributed by atoms with Gasteiger partial charge in [-0.1, -0.05) is 304 Å². The maximum Gasteiger partial charge on any atom is 0.306 e. The van der Waals surface area contributed by atoms with Gasteiger partial charge in [0.15, 0.2) is 6.10 Å². The van der Waals surface area contributed by atoms with Crippen molar-refractivity contribution in [2.75, 3.05) is 13.2 Å². The van der Waals surface area contributed by atoms with Gasteiger partial charge >= 0.3 is 17.9 Å². The van der Waals surface area contributed by atoms with Gasteiger partial charge in [-0.2, -0.15) is 0 Å². The lowest BCUT2D eigenvalue weighted by Crippen LogP contribution is -2.30. The summed E-state index contributed by atoms with van der Waals surface area (Å²) in [5.74, 6) is -0.896. The van der Waals surface area contributed by atoms with Crippen LogP contribution in [0, 0.1) is 0 Å². The molecular formula is C75H130O6. The summed E-state index contributed by atoms with van der Waals surface area (Å²) in [5, 5.41) is 0. The second kappa shape index (κ2) is 68.8. The quantitative estimate of drug-likeness (QED) is 0.0261. The van der Waals surface area contributed by atoms with Crippen LogP contribution in [-0.4, -0.2) is 37.2 Å². The highest BCUT2D eigenvalue weighted by Crippen LogP contribution is 2.17. The van der Waals surface area contributed by atoms with Crippen molar-refractivity contribution < 1.29 is 28.6 Å². The molecule has 0 radical (unpaired) electrons. The van der Waals surface area contributed by atoms with Crippen LogP contribution >= 0.6 is 0 Å². The maximum absolute atomic E-state index is 12.9. The van der Waals surface area contributed by atoms with Gasteiger partial charge < -0.3 is 14.2 Å². The van der Waals surface area contributed by atoms with Crippen LogP contribution in [0.5, 0.6) is 0 Å². The molecule has 0 fully saturated rings. The van der Waals surface area contributed by atoms with E-state index < -0.39 is 6.10 Å². The third kappa shape index (κ3) is 67.0. The van der Waals surface area contributed by atoms with E-state index in [2.05, 4.69) is 118 Å². The van der Waals surface area contributed by atoms with Crippen molar-refractivity contribution in [1.29, 1.82) is 0 Å². The van der Waals surface area contributed by atoms with E-state index in [-0.39, 0.29) is 31.1 Å². The van der Waals surface area contributed by atoms with E-state index in [0.717, 1.165) is 116 Å². The molecule has 0 heterocycles. The van der Waals surface area contributed by atoms with Gasteiger partial charge in [-0.3, -0.25) is 14.4 Å². The summed E-state index contributed by atoms with van der Waals surface area (Å²) in [6, 6.07) is 0. The predicted molar refractivity (Wildman–Crippen MR) is 353 cm³/mol. The highest BCUT2D eigenvalue weighted by Gasteiger charge is 2.19. The van der Waals surface area contributed by atoms with Gasteiger partial charge in [0.2, 0.25) is 0 Å². The van der Waals surface area contributed by atoms with Gasteiger partial charge in [-0.25, -0.2) is 0 Å². The van der Waals surface area contributed by atoms with Crippen molar-refractivity contribution >= 4 is 17.9 Å². The van der Waals surface area contributed by atoms with E-state index in [9.17, 15) is 14.4 Å². The Hall–Kier alpha value is -3.67. The first-order valence-corrected chi connectivity index (χ1v) is 34.7. The van der Waals surface area contributed by atoms with Crippen LogP contribution in [0.2, 0.25) is 0 Å². The van der Waals surface area contributed by atoms with Gasteiger partial charge in [0.1, 0.15) is 13.2 Å². The van der Waals surface area contributed by atoms with Gasteiger partial charge in [0.25, 0.3) is 0 Å². The molecule has 0 aliphatic heterocycles. The molecule has 81 heavy (non-hydrogen) atoms. The molecule has 1 atom stereocenters. The molecule has 0 saturated heterocycles. The largest absolute Gasteiger partial charge is 0.462 e. The monoisotopic (exact) mass is 1130 g/mol. The minimum atomic E-state index is -0.789. The Morgan fingerprint density at radius 1 is 0.259 bits per heavy atom. The second-order valence-electron chi connectivity index (χ2n) is 23.1. The minimum Gasteiger partial charge on any atom is -0.462 e. The Morgan fingerprint density at radius 3 is 0.802 bits per heavy atom. The molecule has 0 rings (SSSR count). The van der Waals surface area contributed by atoms with Crippen LogP contribution < -0.4 is 0 Å². The number of hydrogen-bond acceptors (Lipinski definition) is 6. The average molecular weight is 1130 g/mol. The fourth-order valence-electron chi connectivity index (χ4n) is 9.84. The smallest absolute Gasteiger partial charge is 0.306 e. The first kappa shape index (κ1) is 77.3. The van der Waals surface area contributed by atoms with Crippen LogP contribution in [-0.2, 0) is 28.6 Å². The lowest BCUT2D eigenvalue weighted by atomic mass is 10.0. The minimum absolute atomic E-state index is 0.0838. The summed E-state index contributed by atoms with van der Waals surface area (Å²) in [5.41, 5.74) is 0. The number of carbonyl (C=O) groups is 3. The highest BCUT2D eigenvalue weighted by atomic mass is 16.6. The summed E-state index contributed by atoms with van der Waals surface area (Å²) in [4.78, 5) is 38.3. The number of carbonyl (C=O) groups excluding carboxylic acids is 3. The maximum atomic E-state index is 12.9. The van der Waals surface area contributed by atoms with E-state index in [4.69, 9.17) is 14.2 Å². The van der Waals surface area contributed by atoms with Gasteiger partial charge in [-0.05, 0) is 116 Å². The molecule has 0 N–H and O–H groups in total. The Labute approximate surface area is 502 Å². The van der Waals surface area contributed by atoms with E-state index >= 15 is 0 Å². The van der Waals surface area contributed by atoms with Gasteiger partial charge in [-0.15, -0.1) is 0 Å². The first-order valence-electron chi connectivity index (χ1n) is 34.7. The fourth-order valence-corrected chi connectivity index (χ4v) is 9.84. The van der Waals surface area contributed by atoms with Crippen molar-refractivity contribution in [3.8, 4) is 0 Å². The van der Waals surface area contributed by atoms with Crippen LogP contribution in [0.3, 0.4) is 0 Å². The number of esters is 3. The first-order chi connectivity index (χ1) is 40.0. The zero-order chi connectivity index (χ0) is 58.5. The molecule has 0 spiro atoms. The van der Waals surface area contributed by atoms with E-state index in [1.54, 1.807) is 0 Å². The number of allylic oxidation sites excluding steroid dienone is 16. The van der Waals surface area contributed by atoms with Crippen LogP contribution in [0.4, 0.5) is 0 Å². The summed E-state index contributed by atoms with van der Waals surface area (Å²) in [7, 11) is 0. The zero-order valence-electron chi connectivity index (χ0n) is 53.5. The Kier molecular flexibility index (Phi) is 65.7. The molecule has 0 aliphatic rings. The summed E-state index contributed by atoms with van der Waals surface area (Å²) >= 11 is 0. The standard InChI is InChI=1S/C75H130O6/c1-4-7-10-13-16-19-22-24-26-28-30-31-32-33-34-35-36-37-38-39-40-41-42-43-45-46-48-50-53-56-59-62-65-68-74(77)80-71-72(70-79-73(76)67-64-61-58-55-52-21-18-15-12-9-6-3)81-75(78)69-66-63-60-57-54-51-49-47-44-29-27-25-23-20-17-14-11-8-5-2/h8,11,15,17-18,20,22,24-25,27-28,30,32-33,44,47,72H,4-7,9-10,12-14,16,19,21,23,26,29,31,34-43,45-46,48-71H2,1-3H3/b11-8-,18-15-,20-17-,24-22-,27-25-,30-28-,33-32-,47-44-.